The van der Waals surface area contributed by atoms with Crippen molar-refractivity contribution >= 4 is 77.0 Å². The van der Waals surface area contributed by atoms with Gasteiger partial charge in [0.2, 0.25) is 53.2 Å². The minimum absolute atomic E-state index is 0.00508. The molecule has 0 bridgehead atoms. The average Bonchev–Trinajstić information content (AvgIpc) is 0.862. The number of carbonyl (C=O) groups excluding carboxylic acids is 9. The fourth-order valence-corrected chi connectivity index (χ4v) is 11.6. The van der Waals surface area contributed by atoms with Crippen molar-refractivity contribution in [1.29, 1.82) is 0 Å². The molecular formula is C82H129N9O20. The summed E-state index contributed by atoms with van der Waals surface area (Å²) in [6, 6.07) is 21.0. The van der Waals surface area contributed by atoms with Crippen molar-refractivity contribution in [1.82, 2.24) is 47.9 Å². The van der Waals surface area contributed by atoms with Crippen LogP contribution >= 0.6 is 0 Å². The van der Waals surface area contributed by atoms with Crippen LogP contribution in [-0.2, 0) is 81.6 Å². The van der Waals surface area contributed by atoms with Gasteiger partial charge in [-0.2, -0.15) is 0 Å². The Bertz CT molecular complexity index is 3320. The van der Waals surface area contributed by atoms with E-state index in [1.54, 1.807) is 31.2 Å². The molecule has 3 aromatic carbocycles. The van der Waals surface area contributed by atoms with Crippen LogP contribution in [0.4, 0.5) is 0 Å². The van der Waals surface area contributed by atoms with E-state index >= 15 is 0 Å². The van der Waals surface area contributed by atoms with Gasteiger partial charge in [0.05, 0.1) is 55.7 Å². The monoisotopic (exact) mass is 1560 g/mol. The van der Waals surface area contributed by atoms with Gasteiger partial charge in [0.15, 0.2) is 0 Å². The molecule has 0 spiro atoms. The van der Waals surface area contributed by atoms with E-state index in [0.717, 1.165) is 23.1 Å². The quantitative estimate of drug-likeness (QED) is 0.0296. The topological polar surface area (TPSA) is 472 Å². The summed E-state index contributed by atoms with van der Waals surface area (Å²) in [4.78, 5) is 159. The maximum absolute atomic E-state index is 12.9. The summed E-state index contributed by atoms with van der Waals surface area (Å²) in [7, 11) is 0. The van der Waals surface area contributed by atoms with Gasteiger partial charge in [-0.05, 0) is 104 Å². The number of aliphatic hydroxyl groups is 3. The number of aliphatic carboxylic acids is 4. The highest BCUT2D eigenvalue weighted by atomic mass is 16.4. The van der Waals surface area contributed by atoms with Crippen molar-refractivity contribution in [2.75, 3.05) is 19.6 Å². The number of rotatable bonds is 50. The highest BCUT2D eigenvalue weighted by molar-refractivity contribution is 5.91. The van der Waals surface area contributed by atoms with Crippen LogP contribution in [0.1, 0.15) is 197 Å². The molecule has 9 amide bonds. The summed E-state index contributed by atoms with van der Waals surface area (Å²) < 4.78 is 0. The first-order valence-corrected chi connectivity index (χ1v) is 38.7. The Kier molecular flexibility index (Phi) is 48.8. The van der Waals surface area contributed by atoms with E-state index in [0.29, 0.717) is 50.7 Å². The van der Waals surface area contributed by atoms with Crippen molar-refractivity contribution in [3.8, 4) is 0 Å². The fraction of sp³-hybridized carbons (Fsp3) is 0.622. The van der Waals surface area contributed by atoms with E-state index in [2.05, 4.69) is 47.9 Å². The summed E-state index contributed by atoms with van der Waals surface area (Å²) in [6.45, 7) is 27.9. The molecule has 111 heavy (non-hydrogen) atoms. The van der Waals surface area contributed by atoms with Gasteiger partial charge in [0.25, 0.3) is 0 Å². The number of carbonyl (C=O) groups is 13. The van der Waals surface area contributed by atoms with Crippen LogP contribution in [0.15, 0.2) is 91.0 Å². The molecule has 0 aliphatic heterocycles. The molecule has 3 unspecified atom stereocenters. The van der Waals surface area contributed by atoms with Crippen LogP contribution in [0.5, 0.6) is 0 Å². The lowest BCUT2D eigenvalue weighted by molar-refractivity contribution is -0.144. The number of amides is 9. The Morgan fingerprint density at radius 1 is 0.324 bits per heavy atom. The Morgan fingerprint density at radius 3 is 0.838 bits per heavy atom. The molecule has 0 saturated carbocycles. The van der Waals surface area contributed by atoms with Gasteiger partial charge in [0, 0.05) is 63.1 Å². The molecule has 0 heterocycles. The van der Waals surface area contributed by atoms with Crippen LogP contribution in [0.3, 0.4) is 0 Å². The van der Waals surface area contributed by atoms with Crippen LogP contribution < -0.4 is 47.9 Å². The second-order valence-electron chi connectivity index (χ2n) is 31.2. The number of carboxylic acids is 4. The molecule has 3 aromatic rings. The van der Waals surface area contributed by atoms with Gasteiger partial charge in [-0.3, -0.25) is 47.9 Å². The minimum Gasteiger partial charge on any atom is -0.481 e. The lowest BCUT2D eigenvalue weighted by Gasteiger charge is -2.28. The Morgan fingerprint density at radius 2 is 0.586 bits per heavy atom. The maximum Gasteiger partial charge on any atom is 0.326 e. The van der Waals surface area contributed by atoms with Crippen molar-refractivity contribution in [3.05, 3.63) is 108 Å². The minimum atomic E-state index is -1.45. The third-order valence-electron chi connectivity index (χ3n) is 17.4. The zero-order valence-corrected chi connectivity index (χ0v) is 67.4. The highest BCUT2D eigenvalue weighted by Gasteiger charge is 2.35. The van der Waals surface area contributed by atoms with E-state index in [4.69, 9.17) is 5.11 Å². The predicted molar refractivity (Wildman–Crippen MR) is 420 cm³/mol. The molecular weight excluding hydrogens is 1430 g/mol. The summed E-state index contributed by atoms with van der Waals surface area (Å²) in [5.74, 6) is -9.88. The summed E-state index contributed by atoms with van der Waals surface area (Å²) >= 11 is 0. The van der Waals surface area contributed by atoms with Crippen LogP contribution in [0.25, 0.3) is 0 Å². The maximum atomic E-state index is 12.9. The zero-order valence-electron chi connectivity index (χ0n) is 67.4. The van der Waals surface area contributed by atoms with E-state index in [9.17, 15) is 93.0 Å². The zero-order chi connectivity index (χ0) is 84.0. The largest absolute Gasteiger partial charge is 0.481 e. The van der Waals surface area contributed by atoms with Gasteiger partial charge in [-0.25, -0.2) is 14.4 Å². The molecule has 3 rings (SSSR count). The molecule has 29 heteroatoms. The molecule has 29 nitrogen and oxygen atoms in total. The molecule has 0 saturated heterocycles. The summed E-state index contributed by atoms with van der Waals surface area (Å²) in [6.07, 6.45) is -2.35. The Labute approximate surface area is 655 Å². The van der Waals surface area contributed by atoms with E-state index in [1.807, 2.05) is 157 Å². The molecule has 0 aromatic heterocycles. The number of nitrogens with one attached hydrogen (secondary N) is 9. The van der Waals surface area contributed by atoms with Crippen molar-refractivity contribution in [2.45, 2.75) is 254 Å². The number of hydrogen-bond acceptors (Lipinski definition) is 16. The van der Waals surface area contributed by atoms with E-state index in [1.165, 1.54) is 0 Å². The smallest absolute Gasteiger partial charge is 0.326 e. The summed E-state index contributed by atoms with van der Waals surface area (Å²) in [5.41, 5.74) is 2.53. The van der Waals surface area contributed by atoms with Gasteiger partial charge in [-0.15, -0.1) is 0 Å². The second-order valence-corrected chi connectivity index (χ2v) is 31.2. The van der Waals surface area contributed by atoms with Gasteiger partial charge in [0.1, 0.15) is 18.1 Å². The SMILES string of the molecule is CC(C)CNC(=O)[C@H](C)C[C@H](O)[C@H](Cc1ccccc1)NC(=O)CC(NC(=O)CC(C)C)C(=O)O.CC(C)CNC(=O)[C@H](CCC(=O)O)C[C@H](O)[C@H](Cc1ccccc1)NC(=O)CC(NC(=O)CC(C)C)C(=O)O.CCC[C@H](C[C@H](O)[C@H](Cc1ccccc1)NC(=O)CC(NC(=O)CC(C)C)C(=O)O)C(=O)NCC(C)C. The first-order chi connectivity index (χ1) is 52.1. The predicted octanol–water partition coefficient (Wildman–Crippen LogP) is 6.26. The van der Waals surface area contributed by atoms with Gasteiger partial charge in [-0.1, -0.05) is 194 Å². The Hall–Kier alpha value is -9.35. The molecule has 16 N–H and O–H groups in total. The first kappa shape index (κ1) is 99.7. The third-order valence-corrected chi connectivity index (χ3v) is 17.4. The Balaban J connectivity index is 0.000000834. The number of hydrogen-bond donors (Lipinski definition) is 16. The summed E-state index contributed by atoms with van der Waals surface area (Å²) in [5, 5.41) is 94.7. The average molecular weight is 1560 g/mol. The molecule has 12 atom stereocenters. The molecule has 0 radical (unpaired) electrons. The standard InChI is InChI=1S/C28H43N3O8.C28H45N3O6.C26H41N3O6/c1-17(2)12-24(33)31-22(28(38)39)15-25(34)30-21(13-19-8-6-5-7-9-19)23(32)14-20(10-11-26(35)36)27(37)29-16-18(3)4;1-6-10-21(27(35)29-17-19(4)5)15-24(32)22(14-20-11-8-7-9-12-20)30-26(34)16-23(28(36)37)31-25(33)13-18(2)3;1-16(2)11-23(31)29-21(26(34)35)14-24(32)28-20(13-19-9-7-6-8-10-19)22(30)12-18(5)25(33)27-15-17(3)4/h5-9,17-18,20-23,32H,10-16H2,1-4H3,(H,29,37)(H,30,34)(H,31,33)(H,35,36)(H,38,39);7-9,11-12,18-19,21-24,32H,6,10,13-17H2,1-5H3,(H,29,35)(H,30,34)(H,31,33)(H,36,37);6-10,16-18,20-22,30H,11-15H2,1-5H3,(H,27,33)(H,28,32)(H,29,31)(H,34,35)/t20-,21+,22?,23+;21-,22+,23?,24+;18-,20+,21?,22+/m111/s1. The third kappa shape index (κ3) is 46.2. The lowest BCUT2D eigenvalue weighted by Crippen LogP contribution is -2.50. The number of aliphatic hydroxyl groups excluding tert-OH is 3. The first-order valence-electron chi connectivity index (χ1n) is 38.7. The highest BCUT2D eigenvalue weighted by Crippen LogP contribution is 2.22. The second kappa shape index (κ2) is 54.3. The molecule has 0 aliphatic rings. The van der Waals surface area contributed by atoms with Crippen LogP contribution in [0, 0.1) is 53.3 Å². The lowest BCUT2D eigenvalue weighted by atomic mass is 9.89. The fourth-order valence-electron chi connectivity index (χ4n) is 11.6. The van der Waals surface area contributed by atoms with E-state index in [-0.39, 0.29) is 99.2 Å². The normalized spacial score (nSPS) is 14.4. The molecule has 0 fully saturated rings. The molecule has 622 valence electrons. The van der Waals surface area contributed by atoms with Gasteiger partial charge < -0.3 is 83.6 Å². The number of carboxylic acid groups (broad SMARTS) is 4. The van der Waals surface area contributed by atoms with Crippen molar-refractivity contribution in [3.63, 3.8) is 0 Å². The number of benzene rings is 3. The van der Waals surface area contributed by atoms with Crippen molar-refractivity contribution < 1.29 is 98.1 Å². The van der Waals surface area contributed by atoms with Crippen LogP contribution in [-0.4, -0.2) is 187 Å². The molecule has 0 aliphatic carbocycles. The van der Waals surface area contributed by atoms with Crippen LogP contribution in [0.2, 0.25) is 0 Å². The van der Waals surface area contributed by atoms with Gasteiger partial charge >= 0.3 is 23.9 Å². The van der Waals surface area contributed by atoms with Crippen molar-refractivity contribution in [2.24, 2.45) is 53.3 Å². The van der Waals surface area contributed by atoms with E-state index < -0.39 is 151 Å².